The third kappa shape index (κ3) is 2.85. The largest absolute Gasteiger partial charge is 0.380 e. The van der Waals surface area contributed by atoms with Gasteiger partial charge in [0.05, 0.1) is 13.2 Å². The minimum atomic E-state index is -0.190. The third-order valence-electron chi connectivity index (χ3n) is 3.36. The van der Waals surface area contributed by atoms with Gasteiger partial charge in [0, 0.05) is 29.1 Å². The van der Waals surface area contributed by atoms with Gasteiger partial charge in [-0.1, -0.05) is 24.6 Å². The van der Waals surface area contributed by atoms with E-state index in [9.17, 15) is 4.39 Å². The first-order valence-electron chi connectivity index (χ1n) is 6.11. The molecule has 100 valence electrons. The van der Waals surface area contributed by atoms with Crippen molar-refractivity contribution in [2.24, 2.45) is 5.41 Å². The van der Waals surface area contributed by atoms with Crippen LogP contribution in [0.4, 0.5) is 4.39 Å². The Labute approximate surface area is 113 Å². The fourth-order valence-electron chi connectivity index (χ4n) is 2.38. The quantitative estimate of drug-likeness (QED) is 0.833. The van der Waals surface area contributed by atoms with Crippen LogP contribution in [-0.2, 0) is 11.3 Å². The van der Waals surface area contributed by atoms with E-state index in [-0.39, 0.29) is 11.2 Å². The minimum Gasteiger partial charge on any atom is -0.380 e. The molecule has 1 aliphatic heterocycles. The van der Waals surface area contributed by atoms with Crippen LogP contribution in [0, 0.1) is 18.2 Å². The molecule has 1 aromatic rings. The molecule has 1 aromatic carbocycles. The summed E-state index contributed by atoms with van der Waals surface area (Å²) in [6.07, 6.45) is 0. The molecule has 1 fully saturated rings. The molecule has 0 amide bonds. The SMILES string of the molecule is Cc1ccc(Cl)c(CN(C)CC2(C)COC2)c1F. The zero-order chi connectivity index (χ0) is 13.3. The highest BCUT2D eigenvalue weighted by Gasteiger charge is 2.34. The molecule has 1 aliphatic rings. The zero-order valence-electron chi connectivity index (χ0n) is 11.1. The van der Waals surface area contributed by atoms with Crippen LogP contribution >= 0.6 is 11.6 Å². The average Bonchev–Trinajstić information content (AvgIpc) is 2.27. The Kier molecular flexibility index (Phi) is 3.95. The Hall–Kier alpha value is -0.640. The van der Waals surface area contributed by atoms with Crippen molar-refractivity contribution in [2.45, 2.75) is 20.4 Å². The number of aryl methyl sites for hydroxylation is 1. The highest BCUT2D eigenvalue weighted by Crippen LogP contribution is 2.29. The molecule has 1 saturated heterocycles. The summed E-state index contributed by atoms with van der Waals surface area (Å²) in [7, 11) is 1.99. The molecule has 0 spiro atoms. The summed E-state index contributed by atoms with van der Waals surface area (Å²) >= 11 is 6.07. The number of nitrogens with zero attached hydrogens (tertiary/aromatic N) is 1. The van der Waals surface area contributed by atoms with Gasteiger partial charge >= 0.3 is 0 Å². The Morgan fingerprint density at radius 2 is 2.11 bits per heavy atom. The smallest absolute Gasteiger partial charge is 0.132 e. The van der Waals surface area contributed by atoms with Gasteiger partial charge < -0.3 is 9.64 Å². The second-order valence-corrected chi connectivity index (χ2v) is 6.04. The maximum Gasteiger partial charge on any atom is 0.132 e. The van der Waals surface area contributed by atoms with Crippen molar-refractivity contribution in [1.82, 2.24) is 4.90 Å². The van der Waals surface area contributed by atoms with Crippen molar-refractivity contribution < 1.29 is 9.13 Å². The highest BCUT2D eigenvalue weighted by molar-refractivity contribution is 6.31. The number of benzene rings is 1. The van der Waals surface area contributed by atoms with Crippen LogP contribution in [0.15, 0.2) is 12.1 Å². The van der Waals surface area contributed by atoms with E-state index < -0.39 is 0 Å². The lowest BCUT2D eigenvalue weighted by Crippen LogP contribution is -2.47. The Morgan fingerprint density at radius 1 is 1.44 bits per heavy atom. The summed E-state index contributed by atoms with van der Waals surface area (Å²) < 4.78 is 19.2. The van der Waals surface area contributed by atoms with E-state index in [1.54, 1.807) is 19.1 Å². The van der Waals surface area contributed by atoms with E-state index in [2.05, 4.69) is 11.8 Å². The molecular formula is C14H19ClFNO. The second kappa shape index (κ2) is 5.16. The van der Waals surface area contributed by atoms with Crippen LogP contribution in [0.1, 0.15) is 18.1 Å². The van der Waals surface area contributed by atoms with E-state index in [1.165, 1.54) is 0 Å². The van der Waals surface area contributed by atoms with Gasteiger partial charge in [0.1, 0.15) is 5.82 Å². The normalized spacial score (nSPS) is 17.9. The lowest BCUT2D eigenvalue weighted by Gasteiger charge is -2.40. The molecule has 2 rings (SSSR count). The van der Waals surface area contributed by atoms with Gasteiger partial charge in [-0.2, -0.15) is 0 Å². The summed E-state index contributed by atoms with van der Waals surface area (Å²) in [4.78, 5) is 2.10. The van der Waals surface area contributed by atoms with Crippen LogP contribution in [0.3, 0.4) is 0 Å². The topological polar surface area (TPSA) is 12.5 Å². The van der Waals surface area contributed by atoms with Crippen LogP contribution in [0.2, 0.25) is 5.02 Å². The molecule has 1 heterocycles. The molecule has 2 nitrogen and oxygen atoms in total. The standard InChI is InChI=1S/C14H19ClFNO/c1-10-4-5-12(15)11(13(10)16)6-17(3)7-14(2)8-18-9-14/h4-5H,6-9H2,1-3H3. The molecule has 0 atom stereocenters. The first kappa shape index (κ1) is 13.8. The summed E-state index contributed by atoms with van der Waals surface area (Å²) in [6.45, 7) is 6.92. The van der Waals surface area contributed by atoms with Gasteiger partial charge in [0.15, 0.2) is 0 Å². The number of hydrogen-bond donors (Lipinski definition) is 0. The second-order valence-electron chi connectivity index (χ2n) is 5.63. The van der Waals surface area contributed by atoms with Crippen molar-refractivity contribution in [2.75, 3.05) is 26.8 Å². The predicted molar refractivity (Wildman–Crippen MR) is 71.4 cm³/mol. The monoisotopic (exact) mass is 271 g/mol. The molecule has 0 aliphatic carbocycles. The van der Waals surface area contributed by atoms with Crippen molar-refractivity contribution in [3.63, 3.8) is 0 Å². The van der Waals surface area contributed by atoms with Gasteiger partial charge in [-0.25, -0.2) is 4.39 Å². The average molecular weight is 272 g/mol. The van der Waals surface area contributed by atoms with E-state index in [1.807, 2.05) is 7.05 Å². The molecule has 18 heavy (non-hydrogen) atoms. The number of ether oxygens (including phenoxy) is 1. The van der Waals surface area contributed by atoms with Crippen molar-refractivity contribution in [3.05, 3.63) is 34.1 Å². The van der Waals surface area contributed by atoms with Crippen LogP contribution < -0.4 is 0 Å². The van der Waals surface area contributed by atoms with Crippen molar-refractivity contribution in [1.29, 1.82) is 0 Å². The molecule has 0 aromatic heterocycles. The number of hydrogen-bond acceptors (Lipinski definition) is 2. The molecule has 0 unspecified atom stereocenters. The third-order valence-corrected chi connectivity index (χ3v) is 3.71. The number of halogens is 2. The van der Waals surface area contributed by atoms with E-state index >= 15 is 0 Å². The van der Waals surface area contributed by atoms with E-state index in [0.717, 1.165) is 19.8 Å². The Morgan fingerprint density at radius 3 is 2.67 bits per heavy atom. The lowest BCUT2D eigenvalue weighted by atomic mass is 9.88. The summed E-state index contributed by atoms with van der Waals surface area (Å²) in [5.74, 6) is -0.190. The Balaban J connectivity index is 2.07. The molecule has 0 bridgehead atoms. The lowest BCUT2D eigenvalue weighted by molar-refractivity contribution is -0.113. The highest BCUT2D eigenvalue weighted by atomic mass is 35.5. The molecular weight excluding hydrogens is 253 g/mol. The summed E-state index contributed by atoms with van der Waals surface area (Å²) in [6, 6.07) is 3.47. The van der Waals surface area contributed by atoms with Gasteiger partial charge in [0.2, 0.25) is 0 Å². The fraction of sp³-hybridized carbons (Fsp3) is 0.571. The summed E-state index contributed by atoms with van der Waals surface area (Å²) in [5, 5.41) is 0.500. The minimum absolute atomic E-state index is 0.190. The first-order valence-corrected chi connectivity index (χ1v) is 6.49. The summed E-state index contributed by atoms with van der Waals surface area (Å²) in [5.41, 5.74) is 1.42. The molecule has 4 heteroatoms. The Bertz CT molecular complexity index is 446. The molecule has 0 radical (unpaired) electrons. The number of rotatable bonds is 4. The van der Waals surface area contributed by atoms with Gasteiger partial charge in [-0.05, 0) is 25.6 Å². The van der Waals surface area contributed by atoms with Gasteiger partial charge in [0.25, 0.3) is 0 Å². The van der Waals surface area contributed by atoms with Crippen molar-refractivity contribution in [3.8, 4) is 0 Å². The zero-order valence-corrected chi connectivity index (χ0v) is 11.9. The molecule has 0 saturated carbocycles. The maximum atomic E-state index is 14.0. The van der Waals surface area contributed by atoms with E-state index in [4.69, 9.17) is 16.3 Å². The van der Waals surface area contributed by atoms with Gasteiger partial charge in [-0.3, -0.25) is 0 Å². The maximum absolute atomic E-state index is 14.0. The molecule has 0 N–H and O–H groups in total. The predicted octanol–water partition coefficient (Wildman–Crippen LogP) is 3.26. The van der Waals surface area contributed by atoms with E-state index in [0.29, 0.717) is 22.7 Å². The van der Waals surface area contributed by atoms with Crippen LogP contribution in [0.25, 0.3) is 0 Å². The van der Waals surface area contributed by atoms with Crippen LogP contribution in [-0.4, -0.2) is 31.7 Å². The van der Waals surface area contributed by atoms with Crippen molar-refractivity contribution >= 4 is 11.6 Å². The first-order chi connectivity index (χ1) is 8.41. The van der Waals surface area contributed by atoms with Crippen LogP contribution in [0.5, 0.6) is 0 Å². The fourth-order valence-corrected chi connectivity index (χ4v) is 2.58. The van der Waals surface area contributed by atoms with Gasteiger partial charge in [-0.15, -0.1) is 0 Å².